The predicted molar refractivity (Wildman–Crippen MR) is 173 cm³/mol. The zero-order valence-corrected chi connectivity index (χ0v) is 26.3. The Kier molecular flexibility index (Phi) is 9.16. The van der Waals surface area contributed by atoms with Crippen molar-refractivity contribution in [2.24, 2.45) is 5.92 Å². The molecule has 0 bridgehead atoms. The molecule has 11 nitrogen and oxygen atoms in total. The van der Waals surface area contributed by atoms with Crippen molar-refractivity contribution in [3.8, 4) is 5.82 Å². The zero-order valence-electron chi connectivity index (χ0n) is 26.3. The van der Waals surface area contributed by atoms with Crippen LogP contribution < -0.4 is 15.8 Å². The van der Waals surface area contributed by atoms with Crippen LogP contribution in [0.25, 0.3) is 16.9 Å². The van der Waals surface area contributed by atoms with E-state index >= 15 is 0 Å². The minimum absolute atomic E-state index is 0.176. The lowest BCUT2D eigenvalue weighted by Gasteiger charge is -2.35. The number of nitrogens with one attached hydrogen (secondary N) is 1. The van der Waals surface area contributed by atoms with Crippen LogP contribution in [0.15, 0.2) is 53.5 Å². The number of ether oxygens (including phenoxy) is 1. The number of rotatable bonds is 11. The quantitative estimate of drug-likeness (QED) is 0.252. The molecule has 0 radical (unpaired) electrons. The zero-order chi connectivity index (χ0) is 31.6. The smallest absolute Gasteiger partial charge is 0.278 e. The van der Waals surface area contributed by atoms with Crippen LogP contribution in [0.4, 0.5) is 21.7 Å². The molecule has 0 aliphatic carbocycles. The summed E-state index contributed by atoms with van der Waals surface area (Å²) in [6.07, 6.45) is 4.52. The molecule has 0 amide bonds. The van der Waals surface area contributed by atoms with Crippen LogP contribution in [0, 0.1) is 5.92 Å². The Hall–Kier alpha value is -3.87. The summed E-state index contributed by atoms with van der Waals surface area (Å²) in [5, 5.41) is 14.3. The van der Waals surface area contributed by atoms with Crippen molar-refractivity contribution in [1.82, 2.24) is 29.2 Å². The monoisotopic (exact) mass is 618 g/mol. The fourth-order valence-electron chi connectivity index (χ4n) is 6.44. The number of aromatic nitrogens is 5. The molecule has 4 aromatic rings. The second-order valence-corrected chi connectivity index (χ2v) is 12.6. The van der Waals surface area contributed by atoms with Gasteiger partial charge in [0, 0.05) is 50.4 Å². The Balaban J connectivity index is 1.27. The number of alkyl halides is 1. The standard InChI is InChI=1S/C33H43FN8O3/c1-4-40(21-23-7-6-16-39(20-23)17-15-34)25-12-10-24(11-13-25)36-32-35-19-27-30(38-32)42(41(31(27)43)26-14-18-45-22-26)29-9-5-8-28(37-29)33(2,3)44/h5,8-13,19,23,26,44H,4,6-7,14-18,20-22H2,1-3H3,(H,35,36,38). The van der Waals surface area contributed by atoms with Gasteiger partial charge in [0.1, 0.15) is 17.7 Å². The number of aliphatic hydroxyl groups is 1. The lowest BCUT2D eigenvalue weighted by molar-refractivity contribution is 0.0737. The highest BCUT2D eigenvalue weighted by Crippen LogP contribution is 2.27. The van der Waals surface area contributed by atoms with Gasteiger partial charge in [-0.2, -0.15) is 4.98 Å². The van der Waals surface area contributed by atoms with Gasteiger partial charge in [-0.05, 0) is 88.9 Å². The highest BCUT2D eigenvalue weighted by molar-refractivity contribution is 5.77. The summed E-state index contributed by atoms with van der Waals surface area (Å²) in [7, 11) is 0. The number of piperidine rings is 1. The van der Waals surface area contributed by atoms with E-state index in [0.29, 0.717) is 60.6 Å². The van der Waals surface area contributed by atoms with Crippen molar-refractivity contribution < 1.29 is 14.2 Å². The first-order valence-corrected chi connectivity index (χ1v) is 15.9. The maximum Gasteiger partial charge on any atom is 0.278 e. The summed E-state index contributed by atoms with van der Waals surface area (Å²) >= 11 is 0. The Labute approximate surface area is 262 Å². The van der Waals surface area contributed by atoms with Crippen molar-refractivity contribution in [2.45, 2.75) is 51.7 Å². The number of benzene rings is 1. The Morgan fingerprint density at radius 1 is 1.16 bits per heavy atom. The molecule has 0 spiro atoms. The average molecular weight is 619 g/mol. The fraction of sp³-hybridized carbons (Fsp3) is 0.515. The van der Waals surface area contributed by atoms with Crippen molar-refractivity contribution in [3.05, 3.63) is 64.7 Å². The molecule has 45 heavy (non-hydrogen) atoms. The van der Waals surface area contributed by atoms with Gasteiger partial charge in [-0.1, -0.05) is 6.07 Å². The van der Waals surface area contributed by atoms with E-state index in [-0.39, 0.29) is 18.3 Å². The van der Waals surface area contributed by atoms with Crippen molar-refractivity contribution in [2.75, 3.05) is 62.8 Å². The number of nitrogens with zero attached hydrogens (tertiary/aromatic N) is 7. The number of hydrogen-bond acceptors (Lipinski definition) is 9. The van der Waals surface area contributed by atoms with E-state index in [9.17, 15) is 14.3 Å². The molecule has 6 rings (SSSR count). The van der Waals surface area contributed by atoms with E-state index in [4.69, 9.17) is 14.7 Å². The normalized spacial score (nSPS) is 19.3. The van der Waals surface area contributed by atoms with Crippen LogP contribution in [0.1, 0.15) is 51.8 Å². The van der Waals surface area contributed by atoms with Crippen molar-refractivity contribution in [3.63, 3.8) is 0 Å². The topological polar surface area (TPSA) is 114 Å². The van der Waals surface area contributed by atoms with Crippen LogP contribution in [-0.2, 0) is 10.3 Å². The molecule has 240 valence electrons. The van der Waals surface area contributed by atoms with E-state index < -0.39 is 5.60 Å². The molecule has 12 heteroatoms. The molecule has 5 heterocycles. The van der Waals surface area contributed by atoms with E-state index in [0.717, 1.165) is 50.4 Å². The van der Waals surface area contributed by atoms with Crippen molar-refractivity contribution >= 4 is 28.4 Å². The Morgan fingerprint density at radius 2 is 1.98 bits per heavy atom. The maximum atomic E-state index is 13.7. The molecular weight excluding hydrogens is 575 g/mol. The number of anilines is 3. The fourth-order valence-corrected chi connectivity index (χ4v) is 6.44. The van der Waals surface area contributed by atoms with E-state index in [2.05, 4.69) is 39.2 Å². The molecule has 2 N–H and O–H groups in total. The Morgan fingerprint density at radius 3 is 2.69 bits per heavy atom. The third-order valence-corrected chi connectivity index (χ3v) is 8.81. The summed E-state index contributed by atoms with van der Waals surface area (Å²) in [6, 6.07) is 13.4. The maximum absolute atomic E-state index is 13.7. The number of likely N-dealkylation sites (tertiary alicyclic amines) is 1. The number of fused-ring (bicyclic) bond motifs is 1. The molecule has 2 aliphatic rings. The van der Waals surface area contributed by atoms with Gasteiger partial charge in [0.05, 0.1) is 18.3 Å². The second-order valence-electron chi connectivity index (χ2n) is 12.6. The number of pyridine rings is 1. The average Bonchev–Trinajstić information content (AvgIpc) is 3.66. The van der Waals surface area contributed by atoms with Gasteiger partial charge < -0.3 is 25.0 Å². The van der Waals surface area contributed by atoms with Crippen LogP contribution in [0.5, 0.6) is 0 Å². The Bertz CT molecular complexity index is 1660. The third-order valence-electron chi connectivity index (χ3n) is 8.81. The predicted octanol–water partition coefficient (Wildman–Crippen LogP) is 4.42. The minimum atomic E-state index is -1.16. The summed E-state index contributed by atoms with van der Waals surface area (Å²) in [6.45, 7) is 10.5. The van der Waals surface area contributed by atoms with Crippen LogP contribution in [0.3, 0.4) is 0 Å². The van der Waals surface area contributed by atoms with Crippen molar-refractivity contribution in [1.29, 1.82) is 0 Å². The summed E-state index contributed by atoms with van der Waals surface area (Å²) in [5.41, 5.74) is 1.49. The van der Waals surface area contributed by atoms with E-state index in [1.165, 1.54) is 0 Å². The van der Waals surface area contributed by atoms with Gasteiger partial charge in [-0.15, -0.1) is 0 Å². The number of halogens is 1. The molecule has 3 aromatic heterocycles. The number of hydrogen-bond donors (Lipinski definition) is 2. The first-order chi connectivity index (χ1) is 21.7. The first kappa shape index (κ1) is 31.1. The van der Waals surface area contributed by atoms with Crippen LogP contribution in [-0.4, -0.2) is 86.9 Å². The van der Waals surface area contributed by atoms with E-state index in [1.807, 2.05) is 18.2 Å². The van der Waals surface area contributed by atoms with Gasteiger partial charge in [0.15, 0.2) is 11.5 Å². The largest absolute Gasteiger partial charge is 0.384 e. The molecule has 2 aliphatic heterocycles. The van der Waals surface area contributed by atoms with Gasteiger partial charge in [-0.25, -0.2) is 23.7 Å². The molecule has 0 saturated carbocycles. The highest BCUT2D eigenvalue weighted by Gasteiger charge is 2.28. The molecule has 2 unspecified atom stereocenters. The van der Waals surface area contributed by atoms with Gasteiger partial charge >= 0.3 is 0 Å². The third kappa shape index (κ3) is 6.73. The molecule has 2 atom stereocenters. The highest BCUT2D eigenvalue weighted by atomic mass is 19.1. The summed E-state index contributed by atoms with van der Waals surface area (Å²) in [4.78, 5) is 32.3. The lowest BCUT2D eigenvalue weighted by Crippen LogP contribution is -2.41. The molecule has 2 fully saturated rings. The lowest BCUT2D eigenvalue weighted by atomic mass is 9.97. The van der Waals surface area contributed by atoms with Gasteiger partial charge in [0.2, 0.25) is 5.95 Å². The first-order valence-electron chi connectivity index (χ1n) is 15.9. The van der Waals surface area contributed by atoms with Gasteiger partial charge in [-0.3, -0.25) is 4.79 Å². The van der Waals surface area contributed by atoms with Gasteiger partial charge in [0.25, 0.3) is 5.56 Å². The summed E-state index contributed by atoms with van der Waals surface area (Å²) in [5.74, 6) is 1.35. The minimum Gasteiger partial charge on any atom is -0.384 e. The molecule has 1 aromatic carbocycles. The SMILES string of the molecule is CCN(CC1CCCN(CCF)C1)c1ccc(Nc2ncc3c(=O)n(C4CCOC4)n(-c4cccc(C(C)(C)O)n4)c3n2)cc1. The van der Waals surface area contributed by atoms with Crippen LogP contribution >= 0.6 is 0 Å². The van der Waals surface area contributed by atoms with E-state index in [1.54, 1.807) is 41.5 Å². The molecule has 2 saturated heterocycles. The van der Waals surface area contributed by atoms with Crippen LogP contribution in [0.2, 0.25) is 0 Å². The molecular formula is C33H43FN8O3. The summed E-state index contributed by atoms with van der Waals surface area (Å²) < 4.78 is 21.9. The second kappa shape index (κ2) is 13.2.